The Hall–Kier alpha value is -3.13. The van der Waals surface area contributed by atoms with Crippen LogP contribution in [0.1, 0.15) is 46.1 Å². The second-order valence-corrected chi connectivity index (χ2v) is 9.07. The van der Waals surface area contributed by atoms with Gasteiger partial charge in [-0.2, -0.15) is 0 Å². The third-order valence-corrected chi connectivity index (χ3v) is 7.16. The van der Waals surface area contributed by atoms with Gasteiger partial charge in [-0.25, -0.2) is 4.79 Å². The number of ether oxygens (including phenoxy) is 1. The van der Waals surface area contributed by atoms with Crippen molar-refractivity contribution in [2.24, 2.45) is 5.16 Å². The molecule has 2 aromatic heterocycles. The molecule has 2 heterocycles. The summed E-state index contributed by atoms with van der Waals surface area (Å²) in [5.41, 5.74) is 3.25. The van der Waals surface area contributed by atoms with Gasteiger partial charge < -0.3 is 19.2 Å². The van der Waals surface area contributed by atoms with Crippen LogP contribution in [0.4, 0.5) is 0 Å². The average Bonchev–Trinajstić information content (AvgIpc) is 3.51. The molecule has 1 fully saturated rings. The lowest BCUT2D eigenvalue weighted by molar-refractivity contribution is 0.0695. The maximum absolute atomic E-state index is 12.9. The first-order valence-corrected chi connectivity index (χ1v) is 11.0. The number of benzene rings is 1. The van der Waals surface area contributed by atoms with Crippen LogP contribution in [0.3, 0.4) is 0 Å². The third kappa shape index (κ3) is 3.31. The van der Waals surface area contributed by atoms with Gasteiger partial charge in [0, 0.05) is 34.0 Å². The van der Waals surface area contributed by atoms with Crippen LogP contribution in [0.25, 0.3) is 21.3 Å². The van der Waals surface area contributed by atoms with Crippen LogP contribution in [0.15, 0.2) is 34.3 Å². The Morgan fingerprint density at radius 1 is 1.26 bits per heavy atom. The van der Waals surface area contributed by atoms with Gasteiger partial charge in [-0.15, -0.1) is 11.3 Å². The summed E-state index contributed by atoms with van der Waals surface area (Å²) in [4.78, 5) is 31.8. The second kappa shape index (κ2) is 7.53. The number of fused-ring (bicyclic) bond motifs is 2. The van der Waals surface area contributed by atoms with Crippen LogP contribution in [-0.2, 0) is 17.7 Å². The zero-order chi connectivity index (χ0) is 21.7. The fourth-order valence-electron chi connectivity index (χ4n) is 4.33. The van der Waals surface area contributed by atoms with Crippen LogP contribution in [0, 0.1) is 0 Å². The molecule has 5 rings (SSSR count). The summed E-state index contributed by atoms with van der Waals surface area (Å²) in [5.74, 6) is -0.591. The number of methoxy groups -OCH3 is 1. The van der Waals surface area contributed by atoms with Gasteiger partial charge in [0.25, 0.3) is 0 Å². The summed E-state index contributed by atoms with van der Waals surface area (Å²) < 4.78 is 7.75. The van der Waals surface area contributed by atoms with E-state index >= 15 is 0 Å². The van der Waals surface area contributed by atoms with Gasteiger partial charge in [0.05, 0.1) is 23.7 Å². The molecule has 0 spiro atoms. The number of aryl methyl sites for hydroxylation is 1. The molecule has 0 bridgehead atoms. The third-order valence-electron chi connectivity index (χ3n) is 5.95. The number of nitrogens with zero attached hydrogens (tertiary/aromatic N) is 2. The standard InChI is InChI=1S/C23H22N2O5S/c1-29-22-15(19-9-12-3-4-13(24-30-2)10-18(12)31-19)7-8-16-20(22)25(14-5-6-14)11-17(21(16)26)23(27)28/h7-9,11,14H,3-6,10H2,1-2H3,(H,27,28). The van der Waals surface area contributed by atoms with E-state index in [1.807, 2.05) is 10.6 Å². The smallest absolute Gasteiger partial charge is 0.341 e. The van der Waals surface area contributed by atoms with Gasteiger partial charge in [-0.3, -0.25) is 4.79 Å². The SMILES string of the molecule is CON=C1CCc2cc(-c3ccc4c(=O)c(C(=O)O)cn(C5CC5)c4c3OC)sc2C1. The Bertz CT molecular complexity index is 1300. The monoisotopic (exact) mass is 438 g/mol. The minimum absolute atomic E-state index is 0.190. The van der Waals surface area contributed by atoms with Crippen molar-refractivity contribution >= 4 is 33.9 Å². The molecule has 7 nitrogen and oxygen atoms in total. The highest BCUT2D eigenvalue weighted by Gasteiger charge is 2.29. The predicted molar refractivity (Wildman–Crippen MR) is 120 cm³/mol. The maximum atomic E-state index is 12.9. The first kappa shape index (κ1) is 19.8. The Morgan fingerprint density at radius 2 is 2.06 bits per heavy atom. The molecule has 1 N–H and O–H groups in total. The molecule has 160 valence electrons. The van der Waals surface area contributed by atoms with Crippen molar-refractivity contribution in [2.75, 3.05) is 14.2 Å². The topological polar surface area (TPSA) is 90.1 Å². The van der Waals surface area contributed by atoms with E-state index in [2.05, 4.69) is 11.2 Å². The predicted octanol–water partition coefficient (Wildman–Crippen LogP) is 4.26. The molecule has 3 aromatic rings. The molecule has 0 radical (unpaired) electrons. The zero-order valence-electron chi connectivity index (χ0n) is 17.3. The molecule has 2 aliphatic rings. The van der Waals surface area contributed by atoms with E-state index in [4.69, 9.17) is 9.57 Å². The molecule has 2 aliphatic carbocycles. The highest BCUT2D eigenvalue weighted by atomic mass is 32.1. The number of oxime groups is 1. The second-order valence-electron chi connectivity index (χ2n) is 7.93. The summed E-state index contributed by atoms with van der Waals surface area (Å²) in [7, 11) is 3.17. The van der Waals surface area contributed by atoms with Crippen molar-refractivity contribution in [3.05, 3.63) is 50.6 Å². The number of rotatable bonds is 5. The van der Waals surface area contributed by atoms with Crippen molar-refractivity contribution in [1.82, 2.24) is 4.57 Å². The molecule has 0 atom stereocenters. The van der Waals surface area contributed by atoms with Crippen LogP contribution >= 0.6 is 11.3 Å². The average molecular weight is 439 g/mol. The minimum Gasteiger partial charge on any atom is -0.494 e. The van der Waals surface area contributed by atoms with E-state index in [9.17, 15) is 14.7 Å². The molecule has 0 amide bonds. The van der Waals surface area contributed by atoms with Gasteiger partial charge in [-0.1, -0.05) is 5.16 Å². The summed E-state index contributed by atoms with van der Waals surface area (Å²) in [6, 6.07) is 5.98. The maximum Gasteiger partial charge on any atom is 0.341 e. The summed E-state index contributed by atoms with van der Waals surface area (Å²) in [6.07, 6.45) is 5.96. The molecule has 0 saturated heterocycles. The van der Waals surface area contributed by atoms with Crippen molar-refractivity contribution in [2.45, 2.75) is 38.1 Å². The lowest BCUT2D eigenvalue weighted by Gasteiger charge is -2.17. The molecule has 0 unspecified atom stereocenters. The molecule has 1 aromatic carbocycles. The first-order chi connectivity index (χ1) is 15.0. The largest absolute Gasteiger partial charge is 0.494 e. The fourth-order valence-corrected chi connectivity index (χ4v) is 5.60. The van der Waals surface area contributed by atoms with Gasteiger partial charge >= 0.3 is 5.97 Å². The number of carboxylic acids is 1. The number of hydrogen-bond donors (Lipinski definition) is 1. The van der Waals surface area contributed by atoms with E-state index in [1.165, 1.54) is 16.6 Å². The Kier molecular flexibility index (Phi) is 4.81. The van der Waals surface area contributed by atoms with Crippen molar-refractivity contribution < 1.29 is 19.5 Å². The van der Waals surface area contributed by atoms with Crippen LogP contribution in [0.5, 0.6) is 5.75 Å². The molecule has 31 heavy (non-hydrogen) atoms. The van der Waals surface area contributed by atoms with E-state index in [1.54, 1.807) is 31.6 Å². The quantitative estimate of drug-likeness (QED) is 0.601. The highest BCUT2D eigenvalue weighted by Crippen LogP contribution is 2.45. The summed E-state index contributed by atoms with van der Waals surface area (Å²) in [5, 5.41) is 14.0. The van der Waals surface area contributed by atoms with Gasteiger partial charge in [-0.05, 0) is 49.4 Å². The molecule has 0 aliphatic heterocycles. The highest BCUT2D eigenvalue weighted by molar-refractivity contribution is 7.15. The van der Waals surface area contributed by atoms with Gasteiger partial charge in [0.1, 0.15) is 12.7 Å². The van der Waals surface area contributed by atoms with Crippen molar-refractivity contribution in [3.8, 4) is 16.2 Å². The normalized spacial score (nSPS) is 17.0. The van der Waals surface area contributed by atoms with Gasteiger partial charge in [0.2, 0.25) is 5.43 Å². The number of carbonyl (C=O) groups is 1. The molecular formula is C23H22N2O5S. The number of pyridine rings is 1. The molecule has 8 heteroatoms. The summed E-state index contributed by atoms with van der Waals surface area (Å²) >= 11 is 1.70. The number of aromatic nitrogens is 1. The lowest BCUT2D eigenvalue weighted by Crippen LogP contribution is -2.19. The zero-order valence-corrected chi connectivity index (χ0v) is 18.1. The Morgan fingerprint density at radius 3 is 2.74 bits per heavy atom. The Labute approximate surface area is 182 Å². The van der Waals surface area contributed by atoms with Crippen LogP contribution < -0.4 is 10.2 Å². The fraction of sp³-hybridized carbons (Fsp3) is 0.348. The van der Waals surface area contributed by atoms with E-state index in [0.717, 1.165) is 48.3 Å². The minimum atomic E-state index is -1.20. The van der Waals surface area contributed by atoms with Gasteiger partial charge in [0.15, 0.2) is 5.75 Å². The molecule has 1 saturated carbocycles. The van der Waals surface area contributed by atoms with E-state index in [-0.39, 0.29) is 11.6 Å². The Balaban J connectivity index is 1.71. The molecular weight excluding hydrogens is 416 g/mol. The number of hydrogen-bond acceptors (Lipinski definition) is 6. The number of aromatic carboxylic acids is 1. The van der Waals surface area contributed by atoms with E-state index in [0.29, 0.717) is 16.7 Å². The summed E-state index contributed by atoms with van der Waals surface area (Å²) in [6.45, 7) is 0. The van der Waals surface area contributed by atoms with E-state index < -0.39 is 11.4 Å². The first-order valence-electron chi connectivity index (χ1n) is 10.2. The number of carboxylic acid groups (broad SMARTS) is 1. The van der Waals surface area contributed by atoms with Crippen LogP contribution in [0.2, 0.25) is 0 Å². The van der Waals surface area contributed by atoms with Crippen LogP contribution in [-0.4, -0.2) is 35.6 Å². The number of thiophene rings is 1. The lowest BCUT2D eigenvalue weighted by atomic mass is 9.96. The van der Waals surface area contributed by atoms with Crippen molar-refractivity contribution in [3.63, 3.8) is 0 Å². The van der Waals surface area contributed by atoms with Crippen molar-refractivity contribution in [1.29, 1.82) is 0 Å².